The largest absolute Gasteiger partial charge is 0.496 e. The van der Waals surface area contributed by atoms with Gasteiger partial charge in [0.25, 0.3) is 0 Å². The fraction of sp³-hybridized carbons (Fsp3) is 0.294. The van der Waals surface area contributed by atoms with Crippen LogP contribution in [0, 0.1) is 0 Å². The van der Waals surface area contributed by atoms with E-state index in [4.69, 9.17) is 9.47 Å². The molecule has 23 heavy (non-hydrogen) atoms. The molecular formula is C17H18O4S2. The molecule has 0 bridgehead atoms. The van der Waals surface area contributed by atoms with Gasteiger partial charge in [0.2, 0.25) is 0 Å². The van der Waals surface area contributed by atoms with Crippen molar-refractivity contribution in [1.29, 1.82) is 0 Å². The van der Waals surface area contributed by atoms with E-state index in [2.05, 4.69) is 0 Å². The molecule has 1 heterocycles. The van der Waals surface area contributed by atoms with Crippen molar-refractivity contribution in [1.82, 2.24) is 0 Å². The van der Waals surface area contributed by atoms with Crippen LogP contribution in [0.25, 0.3) is 0 Å². The molecule has 122 valence electrons. The van der Waals surface area contributed by atoms with E-state index in [-0.39, 0.29) is 5.78 Å². The van der Waals surface area contributed by atoms with E-state index in [1.165, 1.54) is 13.2 Å². The number of methoxy groups -OCH3 is 1. The molecule has 0 radical (unpaired) electrons. The van der Waals surface area contributed by atoms with Crippen LogP contribution in [0.4, 0.5) is 0 Å². The van der Waals surface area contributed by atoms with Crippen molar-refractivity contribution in [2.24, 2.45) is 0 Å². The van der Waals surface area contributed by atoms with Gasteiger partial charge in [0.1, 0.15) is 5.75 Å². The predicted octanol–water partition coefficient (Wildman–Crippen LogP) is 3.69. The van der Waals surface area contributed by atoms with Crippen LogP contribution >= 0.6 is 23.5 Å². The number of Topliss-reactive ketones (excluding diaryl/α,β-unsaturated/α-hetero) is 1. The van der Waals surface area contributed by atoms with E-state index in [1.807, 2.05) is 6.07 Å². The van der Waals surface area contributed by atoms with Gasteiger partial charge in [-0.3, -0.25) is 4.79 Å². The van der Waals surface area contributed by atoms with Crippen molar-refractivity contribution in [3.63, 3.8) is 0 Å². The summed E-state index contributed by atoms with van der Waals surface area (Å²) in [5.41, 5.74) is 0.995. The maximum atomic E-state index is 12.9. The van der Waals surface area contributed by atoms with E-state index in [1.54, 1.807) is 54.7 Å². The molecule has 0 unspecified atom stereocenters. The first-order chi connectivity index (χ1) is 11.2. The van der Waals surface area contributed by atoms with Crippen LogP contribution in [-0.2, 0) is 9.53 Å². The van der Waals surface area contributed by atoms with Crippen molar-refractivity contribution >= 4 is 35.3 Å². The second-order valence-electron chi connectivity index (χ2n) is 4.51. The van der Waals surface area contributed by atoms with Gasteiger partial charge in [0.05, 0.1) is 23.5 Å². The first-order valence-electron chi connectivity index (χ1n) is 7.19. The summed E-state index contributed by atoms with van der Waals surface area (Å²) in [6.07, 6.45) is 2.85. The Labute approximate surface area is 144 Å². The number of para-hydroxylation sites is 1. The second kappa shape index (κ2) is 8.84. The Morgan fingerprint density at radius 2 is 1.87 bits per heavy atom. The SMILES string of the molecule is CCOC(=O)/C=C/C(C(=O)c1ccccc1OC)=C1SCCS1. The number of hydrogen-bond donors (Lipinski definition) is 0. The number of ether oxygens (including phenoxy) is 2. The van der Waals surface area contributed by atoms with Gasteiger partial charge < -0.3 is 9.47 Å². The molecule has 1 aliphatic rings. The Balaban J connectivity index is 2.36. The molecule has 0 aliphatic carbocycles. The van der Waals surface area contributed by atoms with Crippen LogP contribution < -0.4 is 4.74 Å². The van der Waals surface area contributed by atoms with E-state index in [0.29, 0.717) is 23.5 Å². The maximum Gasteiger partial charge on any atom is 0.330 e. The smallest absolute Gasteiger partial charge is 0.330 e. The minimum Gasteiger partial charge on any atom is -0.496 e. The molecule has 1 aromatic rings. The molecule has 0 spiro atoms. The lowest BCUT2D eigenvalue weighted by molar-refractivity contribution is -0.137. The van der Waals surface area contributed by atoms with Crippen molar-refractivity contribution in [2.75, 3.05) is 25.2 Å². The summed E-state index contributed by atoms with van der Waals surface area (Å²) in [5.74, 6) is 1.82. The fourth-order valence-corrected chi connectivity index (χ4v) is 4.52. The van der Waals surface area contributed by atoms with Crippen molar-refractivity contribution < 1.29 is 19.1 Å². The topological polar surface area (TPSA) is 52.6 Å². The third-order valence-corrected chi connectivity index (χ3v) is 5.78. The molecule has 2 rings (SSSR count). The predicted molar refractivity (Wildman–Crippen MR) is 95.0 cm³/mol. The quantitative estimate of drug-likeness (QED) is 0.443. The highest BCUT2D eigenvalue weighted by atomic mass is 32.2. The van der Waals surface area contributed by atoms with Gasteiger partial charge in [-0.15, -0.1) is 23.5 Å². The highest BCUT2D eigenvalue weighted by molar-refractivity contribution is 8.25. The number of ketones is 1. The molecule has 4 nitrogen and oxygen atoms in total. The molecule has 0 amide bonds. The number of carbonyl (C=O) groups is 2. The zero-order valence-corrected chi connectivity index (χ0v) is 14.7. The maximum absolute atomic E-state index is 12.9. The lowest BCUT2D eigenvalue weighted by Gasteiger charge is -2.09. The van der Waals surface area contributed by atoms with E-state index in [9.17, 15) is 9.59 Å². The van der Waals surface area contributed by atoms with Crippen LogP contribution in [0.2, 0.25) is 0 Å². The molecule has 0 atom stereocenters. The second-order valence-corrected chi connectivity index (χ2v) is 6.98. The monoisotopic (exact) mass is 350 g/mol. The van der Waals surface area contributed by atoms with Crippen LogP contribution in [0.15, 0.2) is 46.2 Å². The van der Waals surface area contributed by atoms with Gasteiger partial charge in [0, 0.05) is 23.2 Å². The Hall–Kier alpha value is -1.66. The zero-order chi connectivity index (χ0) is 16.7. The van der Waals surface area contributed by atoms with Crippen LogP contribution in [0.3, 0.4) is 0 Å². The normalized spacial score (nSPS) is 14.1. The summed E-state index contributed by atoms with van der Waals surface area (Å²) in [5, 5.41) is 0. The van der Waals surface area contributed by atoms with Gasteiger partial charge in [-0.25, -0.2) is 4.79 Å². The van der Waals surface area contributed by atoms with Crippen molar-refractivity contribution in [2.45, 2.75) is 6.92 Å². The molecule has 0 aromatic heterocycles. The number of benzene rings is 1. The van der Waals surface area contributed by atoms with Crippen LogP contribution in [0.1, 0.15) is 17.3 Å². The summed E-state index contributed by atoms with van der Waals surface area (Å²) in [6.45, 7) is 2.05. The minimum absolute atomic E-state index is 0.153. The first-order valence-corrected chi connectivity index (χ1v) is 9.17. The highest BCUT2D eigenvalue weighted by Crippen LogP contribution is 2.40. The number of carbonyl (C=O) groups excluding carboxylic acids is 2. The summed E-state index contributed by atoms with van der Waals surface area (Å²) in [4.78, 5) is 24.5. The van der Waals surface area contributed by atoms with Gasteiger partial charge in [-0.1, -0.05) is 12.1 Å². The van der Waals surface area contributed by atoms with Gasteiger partial charge >= 0.3 is 5.97 Å². The minimum atomic E-state index is -0.452. The number of thioether (sulfide) groups is 2. The molecule has 1 saturated heterocycles. The Morgan fingerprint density at radius 3 is 2.52 bits per heavy atom. The number of rotatable bonds is 6. The van der Waals surface area contributed by atoms with Gasteiger partial charge in [0.15, 0.2) is 5.78 Å². The molecular weight excluding hydrogens is 332 g/mol. The average Bonchev–Trinajstić information content (AvgIpc) is 3.09. The third kappa shape index (κ3) is 4.65. The van der Waals surface area contributed by atoms with Gasteiger partial charge in [-0.2, -0.15) is 0 Å². The number of esters is 1. The molecule has 1 aromatic carbocycles. The Bertz CT molecular complexity index is 642. The standard InChI is InChI=1S/C17H18O4S2/c1-3-21-15(18)9-8-13(17-22-10-11-23-17)16(19)12-6-4-5-7-14(12)20-2/h4-9H,3,10-11H2,1-2H3/b9-8+. The summed E-state index contributed by atoms with van der Waals surface area (Å²) in [7, 11) is 1.53. The average molecular weight is 350 g/mol. The summed E-state index contributed by atoms with van der Waals surface area (Å²) >= 11 is 3.26. The Morgan fingerprint density at radius 1 is 1.17 bits per heavy atom. The van der Waals surface area contributed by atoms with Crippen molar-refractivity contribution in [3.8, 4) is 5.75 Å². The first kappa shape index (κ1) is 17.7. The van der Waals surface area contributed by atoms with Crippen molar-refractivity contribution in [3.05, 3.63) is 51.8 Å². The molecule has 1 aliphatic heterocycles. The zero-order valence-electron chi connectivity index (χ0n) is 13.0. The van der Waals surface area contributed by atoms with E-state index in [0.717, 1.165) is 15.7 Å². The summed E-state index contributed by atoms with van der Waals surface area (Å²) in [6, 6.07) is 7.09. The molecule has 0 saturated carbocycles. The van der Waals surface area contributed by atoms with E-state index < -0.39 is 5.97 Å². The lowest BCUT2D eigenvalue weighted by atomic mass is 10.0. The van der Waals surface area contributed by atoms with E-state index >= 15 is 0 Å². The Kier molecular flexibility index (Phi) is 6.80. The van der Waals surface area contributed by atoms with Crippen LogP contribution in [-0.4, -0.2) is 37.0 Å². The molecule has 6 heteroatoms. The number of hydrogen-bond acceptors (Lipinski definition) is 6. The molecule has 0 N–H and O–H groups in total. The lowest BCUT2D eigenvalue weighted by Crippen LogP contribution is -2.06. The summed E-state index contributed by atoms with van der Waals surface area (Å²) < 4.78 is 11.1. The highest BCUT2D eigenvalue weighted by Gasteiger charge is 2.22. The molecule has 1 fully saturated rings. The fourth-order valence-electron chi connectivity index (χ4n) is 2.02. The van der Waals surface area contributed by atoms with Gasteiger partial charge in [-0.05, 0) is 25.1 Å². The third-order valence-electron chi connectivity index (χ3n) is 3.04. The van der Waals surface area contributed by atoms with Crippen LogP contribution in [0.5, 0.6) is 5.75 Å². The number of allylic oxidation sites excluding steroid dienone is 2.